The number of carbonyl (C=O) groups excluding carboxylic acids is 1. The van der Waals surface area contributed by atoms with Crippen molar-refractivity contribution in [2.24, 2.45) is 5.92 Å². The zero-order chi connectivity index (χ0) is 12.7. The lowest BCUT2D eigenvalue weighted by molar-refractivity contribution is -0.0733. The number of nitrogens with zero attached hydrogens (tertiary/aromatic N) is 1. The molecule has 2 aliphatic heterocycles. The second-order valence-electron chi connectivity index (χ2n) is 6.29. The number of carbonyl (C=O) groups is 1. The number of ether oxygens (including phenoxy) is 1. The third-order valence-corrected chi connectivity index (χ3v) is 3.17. The molecule has 2 rings (SSSR count). The zero-order valence-corrected chi connectivity index (χ0v) is 10.8. The Labute approximate surface area is 102 Å². The standard InChI is InChI=1S/C12H22N2O3/c1-11(2,3)17-10(15)14-6-9-4-12(16,8-14)7-13-5-9/h9,13,16H,4-8H2,1-3H3. The number of nitrogens with one attached hydrogen (secondary N) is 1. The molecule has 2 saturated heterocycles. The molecule has 0 aliphatic carbocycles. The first-order valence-electron chi connectivity index (χ1n) is 6.18. The van der Waals surface area contributed by atoms with Crippen LogP contribution in [-0.2, 0) is 4.74 Å². The first-order chi connectivity index (χ1) is 7.77. The number of piperidine rings is 2. The molecule has 2 fully saturated rings. The Morgan fingerprint density at radius 1 is 1.53 bits per heavy atom. The molecule has 0 radical (unpaired) electrons. The van der Waals surface area contributed by atoms with Crippen molar-refractivity contribution in [1.29, 1.82) is 0 Å². The van der Waals surface area contributed by atoms with Crippen molar-refractivity contribution < 1.29 is 14.6 Å². The number of amides is 1. The van der Waals surface area contributed by atoms with Gasteiger partial charge in [0.15, 0.2) is 0 Å². The Morgan fingerprint density at radius 3 is 2.82 bits per heavy atom. The molecule has 17 heavy (non-hydrogen) atoms. The van der Waals surface area contributed by atoms with Crippen molar-refractivity contribution in [3.8, 4) is 0 Å². The minimum Gasteiger partial charge on any atom is -0.444 e. The van der Waals surface area contributed by atoms with E-state index in [1.54, 1.807) is 4.90 Å². The Hall–Kier alpha value is -0.810. The average molecular weight is 242 g/mol. The second-order valence-corrected chi connectivity index (χ2v) is 6.29. The van der Waals surface area contributed by atoms with E-state index in [0.717, 1.165) is 13.0 Å². The van der Waals surface area contributed by atoms with E-state index in [9.17, 15) is 9.90 Å². The molecule has 2 heterocycles. The molecule has 2 bridgehead atoms. The van der Waals surface area contributed by atoms with Crippen LogP contribution < -0.4 is 5.32 Å². The Balaban J connectivity index is 2.00. The summed E-state index contributed by atoms with van der Waals surface area (Å²) in [6.45, 7) is 8.02. The maximum absolute atomic E-state index is 12.0. The van der Waals surface area contributed by atoms with E-state index < -0.39 is 11.2 Å². The minimum atomic E-state index is -0.780. The summed E-state index contributed by atoms with van der Waals surface area (Å²) in [5, 5.41) is 13.5. The molecule has 0 aromatic rings. The lowest BCUT2D eigenvalue weighted by Gasteiger charge is -2.46. The Bertz CT molecular complexity index is 313. The van der Waals surface area contributed by atoms with Crippen molar-refractivity contribution in [2.45, 2.75) is 38.4 Å². The predicted molar refractivity (Wildman–Crippen MR) is 63.7 cm³/mol. The van der Waals surface area contributed by atoms with Crippen molar-refractivity contribution >= 4 is 6.09 Å². The van der Waals surface area contributed by atoms with Gasteiger partial charge in [-0.25, -0.2) is 4.79 Å². The minimum absolute atomic E-state index is 0.317. The van der Waals surface area contributed by atoms with Crippen LogP contribution in [-0.4, -0.2) is 53.5 Å². The second kappa shape index (κ2) is 4.14. The highest BCUT2D eigenvalue weighted by Gasteiger charge is 2.43. The summed E-state index contributed by atoms with van der Waals surface area (Å²) in [7, 11) is 0. The average Bonchev–Trinajstić information content (AvgIpc) is 2.12. The number of β-amino-alcohol motifs (C(OH)–C–C–N with tert-alkyl or cyclic N) is 1. The molecule has 0 spiro atoms. The van der Waals surface area contributed by atoms with Gasteiger partial charge in [-0.3, -0.25) is 0 Å². The summed E-state index contributed by atoms with van der Waals surface area (Å²) >= 11 is 0. The van der Waals surface area contributed by atoms with E-state index >= 15 is 0 Å². The lowest BCUT2D eigenvalue weighted by Crippen LogP contribution is -2.63. The van der Waals surface area contributed by atoms with Crippen LogP contribution in [0.15, 0.2) is 0 Å². The van der Waals surface area contributed by atoms with Crippen LogP contribution in [0, 0.1) is 5.92 Å². The molecule has 2 N–H and O–H groups in total. The van der Waals surface area contributed by atoms with Gasteiger partial charge in [0.25, 0.3) is 0 Å². The summed E-state index contributed by atoms with van der Waals surface area (Å²) in [5.41, 5.74) is -1.26. The van der Waals surface area contributed by atoms with E-state index in [0.29, 0.717) is 25.6 Å². The van der Waals surface area contributed by atoms with Crippen LogP contribution in [0.25, 0.3) is 0 Å². The fourth-order valence-electron chi connectivity index (χ4n) is 2.64. The summed E-state index contributed by atoms with van der Waals surface area (Å²) in [5.74, 6) is 0.329. The number of hydrogen-bond donors (Lipinski definition) is 2. The number of fused-ring (bicyclic) bond motifs is 2. The molecule has 1 amide bonds. The first kappa shape index (κ1) is 12.6. The van der Waals surface area contributed by atoms with Gasteiger partial charge in [-0.05, 0) is 39.7 Å². The maximum atomic E-state index is 12.0. The number of likely N-dealkylation sites (tertiary alicyclic amines) is 1. The van der Waals surface area contributed by atoms with Crippen LogP contribution in [0.2, 0.25) is 0 Å². The van der Waals surface area contributed by atoms with Crippen LogP contribution in [0.5, 0.6) is 0 Å². The Kier molecular flexibility index (Phi) is 3.08. The van der Waals surface area contributed by atoms with Gasteiger partial charge >= 0.3 is 6.09 Å². The monoisotopic (exact) mass is 242 g/mol. The van der Waals surface area contributed by atoms with Crippen molar-refractivity contribution in [2.75, 3.05) is 26.2 Å². The van der Waals surface area contributed by atoms with Crippen LogP contribution in [0.4, 0.5) is 4.79 Å². The highest BCUT2D eigenvalue weighted by atomic mass is 16.6. The van der Waals surface area contributed by atoms with Crippen LogP contribution >= 0.6 is 0 Å². The van der Waals surface area contributed by atoms with Crippen molar-refractivity contribution in [1.82, 2.24) is 10.2 Å². The summed E-state index contributed by atoms with van der Waals surface area (Å²) in [6.07, 6.45) is 0.460. The van der Waals surface area contributed by atoms with Gasteiger partial charge < -0.3 is 20.1 Å². The topological polar surface area (TPSA) is 61.8 Å². The van der Waals surface area contributed by atoms with E-state index in [1.165, 1.54) is 0 Å². The third kappa shape index (κ3) is 3.10. The summed E-state index contributed by atoms with van der Waals surface area (Å²) < 4.78 is 5.34. The molecule has 2 unspecified atom stereocenters. The number of rotatable bonds is 0. The fraction of sp³-hybridized carbons (Fsp3) is 0.917. The van der Waals surface area contributed by atoms with Gasteiger partial charge in [0.1, 0.15) is 5.60 Å². The van der Waals surface area contributed by atoms with Gasteiger partial charge in [0, 0.05) is 13.1 Å². The van der Waals surface area contributed by atoms with E-state index in [2.05, 4.69) is 5.32 Å². The molecule has 2 aliphatic rings. The molecular weight excluding hydrogens is 220 g/mol. The Morgan fingerprint density at radius 2 is 2.24 bits per heavy atom. The summed E-state index contributed by atoms with van der Waals surface area (Å²) in [6, 6.07) is 0. The SMILES string of the molecule is CC(C)(C)OC(=O)N1CC2CNCC(O)(C2)C1. The van der Waals surface area contributed by atoms with Crippen molar-refractivity contribution in [3.63, 3.8) is 0 Å². The van der Waals surface area contributed by atoms with Gasteiger partial charge in [-0.2, -0.15) is 0 Å². The van der Waals surface area contributed by atoms with Crippen molar-refractivity contribution in [3.05, 3.63) is 0 Å². The normalized spacial score (nSPS) is 33.4. The van der Waals surface area contributed by atoms with Gasteiger partial charge in [-0.15, -0.1) is 0 Å². The first-order valence-corrected chi connectivity index (χ1v) is 6.18. The van der Waals surface area contributed by atoms with Gasteiger partial charge in [-0.1, -0.05) is 0 Å². The lowest BCUT2D eigenvalue weighted by atomic mass is 9.82. The zero-order valence-electron chi connectivity index (χ0n) is 10.8. The molecule has 5 nitrogen and oxygen atoms in total. The van der Waals surface area contributed by atoms with Gasteiger partial charge in [0.05, 0.1) is 12.1 Å². The quantitative estimate of drug-likeness (QED) is 0.652. The number of hydrogen-bond acceptors (Lipinski definition) is 4. The molecule has 2 atom stereocenters. The molecular formula is C12H22N2O3. The predicted octanol–water partition coefficient (Wildman–Crippen LogP) is 0.578. The maximum Gasteiger partial charge on any atom is 0.410 e. The fourth-order valence-corrected chi connectivity index (χ4v) is 2.64. The van der Waals surface area contributed by atoms with E-state index in [-0.39, 0.29) is 6.09 Å². The molecule has 5 heteroatoms. The van der Waals surface area contributed by atoms with Crippen LogP contribution in [0.3, 0.4) is 0 Å². The van der Waals surface area contributed by atoms with E-state index in [4.69, 9.17) is 4.74 Å². The molecule has 0 saturated carbocycles. The highest BCUT2D eigenvalue weighted by molar-refractivity contribution is 5.68. The molecule has 98 valence electrons. The molecule has 0 aromatic heterocycles. The molecule has 0 aromatic carbocycles. The smallest absolute Gasteiger partial charge is 0.410 e. The largest absolute Gasteiger partial charge is 0.444 e. The highest BCUT2D eigenvalue weighted by Crippen LogP contribution is 2.29. The van der Waals surface area contributed by atoms with Gasteiger partial charge in [0.2, 0.25) is 0 Å². The van der Waals surface area contributed by atoms with E-state index in [1.807, 2.05) is 20.8 Å². The third-order valence-electron chi connectivity index (χ3n) is 3.17. The summed E-state index contributed by atoms with van der Waals surface area (Å²) in [4.78, 5) is 13.6. The number of aliphatic hydroxyl groups is 1. The van der Waals surface area contributed by atoms with Crippen LogP contribution in [0.1, 0.15) is 27.2 Å².